The van der Waals surface area contributed by atoms with Crippen LogP contribution in [0.2, 0.25) is 0 Å². The average molecular weight is 585 g/mol. The Morgan fingerprint density at radius 1 is 0.561 bits per heavy atom. The van der Waals surface area contributed by atoms with E-state index in [9.17, 15) is 18.8 Å². The molecule has 0 atom stereocenters. The van der Waals surface area contributed by atoms with Gasteiger partial charge in [-0.05, 0) is 54.6 Å². The van der Waals surface area contributed by atoms with E-state index < -0.39 is 16.3 Å². The first-order chi connectivity index (χ1) is 19.3. The zero-order chi connectivity index (χ0) is 30.2. The van der Waals surface area contributed by atoms with Crippen molar-refractivity contribution in [3.8, 4) is 0 Å². The monoisotopic (exact) mass is 584 g/mol. The Labute approximate surface area is 228 Å². The van der Waals surface area contributed by atoms with Crippen molar-refractivity contribution in [1.82, 2.24) is 29.9 Å². The van der Waals surface area contributed by atoms with Crippen LogP contribution in [0.15, 0.2) is 87.2 Å². The van der Waals surface area contributed by atoms with E-state index in [0.717, 1.165) is 16.2 Å². The lowest BCUT2D eigenvalue weighted by Gasteiger charge is -1.96. The number of nitrogens with two attached hydrogens (primary N) is 2. The molecule has 0 spiro atoms. The number of nitrogens with one attached hydrogen (secondary N) is 3. The predicted molar refractivity (Wildman–Crippen MR) is 150 cm³/mol. The van der Waals surface area contributed by atoms with E-state index in [1.807, 2.05) is 12.1 Å². The van der Waals surface area contributed by atoms with E-state index >= 15 is 0 Å². The maximum Gasteiger partial charge on any atom is 0.394 e. The third-order valence-electron chi connectivity index (χ3n) is 4.76. The van der Waals surface area contributed by atoms with Crippen molar-refractivity contribution < 1.29 is 21.9 Å². The molecule has 6 rings (SSSR count). The summed E-state index contributed by atoms with van der Waals surface area (Å²) in [7, 11) is -4.67. The zero-order valence-electron chi connectivity index (χ0n) is 20.6. The van der Waals surface area contributed by atoms with Crippen molar-refractivity contribution in [3.63, 3.8) is 0 Å². The Balaban J connectivity index is 0.000000157. The smallest absolute Gasteiger partial charge is 0.384 e. The molecule has 0 radical (unpaired) electrons. The van der Waals surface area contributed by atoms with Gasteiger partial charge in [-0.25, -0.2) is 15.0 Å². The number of hydrogen-bond acceptors (Lipinski definition) is 10. The van der Waals surface area contributed by atoms with Gasteiger partial charge in [-0.3, -0.25) is 23.5 Å². The van der Waals surface area contributed by atoms with E-state index in [4.69, 9.17) is 29.0 Å². The van der Waals surface area contributed by atoms with Gasteiger partial charge in [0.15, 0.2) is 0 Å². The second-order valence-electron chi connectivity index (χ2n) is 7.84. The van der Waals surface area contributed by atoms with Gasteiger partial charge in [-0.2, -0.15) is 12.8 Å². The molecule has 0 fully saturated rings. The van der Waals surface area contributed by atoms with Gasteiger partial charge in [-0.15, -0.1) is 0 Å². The molecular formula is C24H21FN8O7S. The SMILES string of the molecule is Nc1ccc2ccc(=O)[nH]c2n1.Nc1ccc2ccc(=O)[nH]c2n1.O=S(=O)(O)O.O=c1ccc2ccc(F)nc2[nH]1. The van der Waals surface area contributed by atoms with Gasteiger partial charge in [0.2, 0.25) is 22.6 Å². The van der Waals surface area contributed by atoms with Crippen LogP contribution in [0.1, 0.15) is 0 Å². The number of anilines is 2. The van der Waals surface area contributed by atoms with Gasteiger partial charge in [0.05, 0.1) is 0 Å². The predicted octanol–water partition coefficient (Wildman–Crippen LogP) is 1.42. The topological polar surface area (TPSA) is 264 Å². The van der Waals surface area contributed by atoms with Crippen LogP contribution < -0.4 is 28.1 Å². The lowest BCUT2D eigenvalue weighted by atomic mass is 10.3. The van der Waals surface area contributed by atoms with Crippen LogP contribution in [0, 0.1) is 5.95 Å². The molecule has 6 aromatic heterocycles. The molecule has 17 heteroatoms. The third-order valence-corrected chi connectivity index (χ3v) is 4.76. The molecule has 0 aliphatic rings. The maximum atomic E-state index is 12.5. The first-order valence-corrected chi connectivity index (χ1v) is 12.5. The highest BCUT2D eigenvalue weighted by molar-refractivity contribution is 7.79. The molecule has 0 aliphatic carbocycles. The summed E-state index contributed by atoms with van der Waals surface area (Å²) in [5, 5.41) is 2.48. The molecule has 0 bridgehead atoms. The van der Waals surface area contributed by atoms with Crippen LogP contribution in [0.3, 0.4) is 0 Å². The van der Waals surface area contributed by atoms with Crippen molar-refractivity contribution in [2.24, 2.45) is 0 Å². The van der Waals surface area contributed by atoms with Gasteiger partial charge >= 0.3 is 10.4 Å². The highest BCUT2D eigenvalue weighted by atomic mass is 32.3. The zero-order valence-corrected chi connectivity index (χ0v) is 21.5. The van der Waals surface area contributed by atoms with E-state index in [1.54, 1.807) is 36.4 Å². The number of aromatic amines is 3. The van der Waals surface area contributed by atoms with Crippen LogP contribution in [-0.2, 0) is 10.4 Å². The Bertz CT molecular complexity index is 1890. The summed E-state index contributed by atoms with van der Waals surface area (Å²) in [6, 6.07) is 19.1. The van der Waals surface area contributed by atoms with Gasteiger partial charge in [0.25, 0.3) is 0 Å². The van der Waals surface area contributed by atoms with Gasteiger partial charge < -0.3 is 26.4 Å². The van der Waals surface area contributed by atoms with Gasteiger partial charge in [0.1, 0.15) is 28.6 Å². The fourth-order valence-corrected chi connectivity index (χ4v) is 3.09. The summed E-state index contributed by atoms with van der Waals surface area (Å²) in [5.41, 5.74) is 11.6. The van der Waals surface area contributed by atoms with E-state index in [0.29, 0.717) is 22.9 Å². The summed E-state index contributed by atoms with van der Waals surface area (Å²) < 4.78 is 44.1. The molecule has 212 valence electrons. The van der Waals surface area contributed by atoms with Crippen LogP contribution in [0.4, 0.5) is 16.0 Å². The summed E-state index contributed by atoms with van der Waals surface area (Å²) >= 11 is 0. The Morgan fingerprint density at radius 2 is 0.854 bits per heavy atom. The Hall–Kier alpha value is -5.52. The average Bonchev–Trinajstić information content (AvgIpc) is 2.87. The normalized spacial score (nSPS) is 10.5. The molecule has 6 aromatic rings. The Morgan fingerprint density at radius 3 is 1.22 bits per heavy atom. The van der Waals surface area contributed by atoms with Gasteiger partial charge in [-0.1, -0.05) is 0 Å². The second kappa shape index (κ2) is 13.0. The third kappa shape index (κ3) is 9.94. The molecule has 9 N–H and O–H groups in total. The van der Waals surface area contributed by atoms with Crippen LogP contribution in [0.5, 0.6) is 0 Å². The highest BCUT2D eigenvalue weighted by Gasteiger charge is 1.97. The summed E-state index contributed by atoms with van der Waals surface area (Å²) in [6.45, 7) is 0. The first kappa shape index (κ1) is 30.0. The number of halogens is 1. The lowest BCUT2D eigenvalue weighted by molar-refractivity contribution is 0.381. The fraction of sp³-hybridized carbons (Fsp3) is 0. The molecule has 0 aliphatic heterocycles. The summed E-state index contributed by atoms with van der Waals surface area (Å²) in [6.07, 6.45) is 0. The number of nitrogen functional groups attached to an aromatic ring is 2. The number of rotatable bonds is 0. The van der Waals surface area contributed by atoms with Crippen LogP contribution in [-0.4, -0.2) is 47.4 Å². The minimum atomic E-state index is -4.67. The number of hydrogen-bond donors (Lipinski definition) is 7. The fourth-order valence-electron chi connectivity index (χ4n) is 3.09. The molecule has 0 saturated carbocycles. The van der Waals surface area contributed by atoms with Crippen LogP contribution in [0.25, 0.3) is 33.1 Å². The first-order valence-electron chi connectivity index (χ1n) is 11.1. The van der Waals surface area contributed by atoms with Crippen LogP contribution >= 0.6 is 0 Å². The minimum absolute atomic E-state index is 0.166. The van der Waals surface area contributed by atoms with E-state index in [-0.39, 0.29) is 22.3 Å². The molecule has 15 nitrogen and oxygen atoms in total. The highest BCUT2D eigenvalue weighted by Crippen LogP contribution is 2.09. The minimum Gasteiger partial charge on any atom is -0.384 e. The lowest BCUT2D eigenvalue weighted by Crippen LogP contribution is -2.04. The maximum absolute atomic E-state index is 12.5. The van der Waals surface area contributed by atoms with Crippen molar-refractivity contribution in [3.05, 3.63) is 110 Å². The standard InChI is InChI=1S/C8H5FN2O.2C8H7N3O.H2O4S/c3*9-6-3-1-5-2-4-7(12)11-8(5)10-6;1-5(2,3)4/h1-4H,(H,10,11,12);2*1-4H,(H3,9,10,11,12);(H2,1,2,3,4). The quantitative estimate of drug-likeness (QED) is 0.0987. The second-order valence-corrected chi connectivity index (χ2v) is 8.73. The molecule has 0 unspecified atom stereocenters. The molecular weight excluding hydrogens is 563 g/mol. The number of aromatic nitrogens is 6. The summed E-state index contributed by atoms with van der Waals surface area (Å²) in [4.78, 5) is 51.5. The molecule has 6 heterocycles. The Kier molecular flexibility index (Phi) is 9.54. The van der Waals surface area contributed by atoms with E-state index in [2.05, 4.69) is 29.9 Å². The van der Waals surface area contributed by atoms with Crippen molar-refractivity contribution in [1.29, 1.82) is 0 Å². The number of fused-ring (bicyclic) bond motifs is 3. The number of H-pyrrole nitrogens is 3. The van der Waals surface area contributed by atoms with Crippen molar-refractivity contribution in [2.75, 3.05) is 11.5 Å². The molecule has 41 heavy (non-hydrogen) atoms. The van der Waals surface area contributed by atoms with E-state index in [1.165, 1.54) is 24.3 Å². The number of nitrogens with zero attached hydrogens (tertiary/aromatic N) is 3. The van der Waals surface area contributed by atoms with Crippen molar-refractivity contribution >= 4 is 55.1 Å². The molecule has 0 saturated heterocycles. The van der Waals surface area contributed by atoms with Crippen molar-refractivity contribution in [2.45, 2.75) is 0 Å². The largest absolute Gasteiger partial charge is 0.394 e. The molecule has 0 aromatic carbocycles. The number of pyridine rings is 6. The van der Waals surface area contributed by atoms with Gasteiger partial charge in [0, 0.05) is 34.4 Å². The summed E-state index contributed by atoms with van der Waals surface area (Å²) in [5.74, 6) is 0.220. The molecule has 0 amide bonds.